The van der Waals surface area contributed by atoms with Crippen LogP contribution in [0.1, 0.15) is 24.0 Å². The fraction of sp³-hybridized carbons (Fsp3) is 0.161. The number of rotatable bonds is 10. The lowest BCUT2D eigenvalue weighted by atomic mass is 9.92. The van der Waals surface area contributed by atoms with Gasteiger partial charge in [0.25, 0.3) is 0 Å². The molecule has 8 N–H and O–H groups in total. The summed E-state index contributed by atoms with van der Waals surface area (Å²) in [7, 11) is 0. The van der Waals surface area contributed by atoms with Gasteiger partial charge in [0, 0.05) is 23.9 Å². The highest BCUT2D eigenvalue weighted by molar-refractivity contribution is 6.01. The number of benzene rings is 4. The van der Waals surface area contributed by atoms with Crippen LogP contribution in [0.3, 0.4) is 0 Å². The fourth-order valence-corrected chi connectivity index (χ4v) is 4.54. The number of hydrogen-bond donors (Lipinski definition) is 8. The number of ether oxygens (including phenoxy) is 1. The molecule has 11 nitrogen and oxygen atoms in total. The monoisotopic (exact) mass is 575 g/mol. The second-order valence-electron chi connectivity index (χ2n) is 9.49. The van der Waals surface area contributed by atoms with Crippen molar-refractivity contribution < 1.29 is 50.1 Å². The summed E-state index contributed by atoms with van der Waals surface area (Å²) in [5, 5.41) is 73.4. The number of aliphatic carboxylic acids is 1. The highest BCUT2D eigenvalue weighted by atomic mass is 16.6. The summed E-state index contributed by atoms with van der Waals surface area (Å²) in [4.78, 5) is 25.0. The Hall–Kier alpha value is -5.42. The first-order valence-electron chi connectivity index (χ1n) is 12.8. The van der Waals surface area contributed by atoms with Gasteiger partial charge in [-0.25, -0.2) is 9.59 Å². The van der Waals surface area contributed by atoms with Gasteiger partial charge in [-0.3, -0.25) is 0 Å². The van der Waals surface area contributed by atoms with Gasteiger partial charge in [0.05, 0.1) is 0 Å². The number of hydrogen-bond acceptors (Lipinski definition) is 10. The summed E-state index contributed by atoms with van der Waals surface area (Å²) in [5.74, 6) is -5.66. The smallest absolute Gasteiger partial charge is 0.345 e. The number of carboxylic acids is 1. The highest BCUT2D eigenvalue weighted by Gasteiger charge is 2.33. The predicted molar refractivity (Wildman–Crippen MR) is 154 cm³/mol. The number of phenols is 6. The van der Waals surface area contributed by atoms with Crippen molar-refractivity contribution in [2.24, 2.45) is 0 Å². The first-order chi connectivity index (χ1) is 20.0. The molecule has 0 radical (unpaired) electrons. The van der Waals surface area contributed by atoms with Crippen LogP contribution < -0.4 is 5.32 Å². The molecule has 0 spiro atoms. The Morgan fingerprint density at radius 3 is 2.07 bits per heavy atom. The van der Waals surface area contributed by atoms with Crippen LogP contribution in [0.2, 0.25) is 0 Å². The van der Waals surface area contributed by atoms with E-state index in [9.17, 15) is 45.3 Å². The fourth-order valence-electron chi connectivity index (χ4n) is 4.54. The molecular weight excluding hydrogens is 546 g/mol. The van der Waals surface area contributed by atoms with Crippen LogP contribution in [-0.2, 0) is 14.3 Å². The Balaban J connectivity index is 1.67. The van der Waals surface area contributed by atoms with Gasteiger partial charge in [0.1, 0.15) is 0 Å². The van der Waals surface area contributed by atoms with Crippen molar-refractivity contribution in [3.05, 3.63) is 77.9 Å². The zero-order valence-corrected chi connectivity index (χ0v) is 22.4. The maximum absolute atomic E-state index is 12.9. The number of nitrogens with one attached hydrogen (secondary N) is 1. The highest BCUT2D eigenvalue weighted by Crippen LogP contribution is 2.40. The molecule has 0 saturated carbocycles. The summed E-state index contributed by atoms with van der Waals surface area (Å²) >= 11 is 0. The maximum Gasteiger partial charge on any atom is 0.345 e. The molecule has 4 aromatic carbocycles. The van der Waals surface area contributed by atoms with Gasteiger partial charge in [0.2, 0.25) is 6.10 Å². The Morgan fingerprint density at radius 1 is 0.786 bits per heavy atom. The van der Waals surface area contributed by atoms with E-state index in [0.29, 0.717) is 34.2 Å². The number of carbonyl (C=O) groups excluding carboxylic acids is 1. The second kappa shape index (κ2) is 12.4. The zero-order chi connectivity index (χ0) is 30.6. The summed E-state index contributed by atoms with van der Waals surface area (Å²) in [6.07, 6.45) is 0.620. The van der Waals surface area contributed by atoms with Crippen LogP contribution >= 0.6 is 0 Å². The van der Waals surface area contributed by atoms with Crippen molar-refractivity contribution in [1.29, 1.82) is 0 Å². The molecule has 0 bridgehead atoms. The summed E-state index contributed by atoms with van der Waals surface area (Å²) < 4.78 is 5.33. The third-order valence-corrected chi connectivity index (χ3v) is 6.72. The zero-order valence-electron chi connectivity index (χ0n) is 22.4. The Morgan fingerprint density at radius 2 is 1.43 bits per heavy atom. The second-order valence-corrected chi connectivity index (χ2v) is 9.49. The molecule has 0 aromatic heterocycles. The van der Waals surface area contributed by atoms with E-state index in [4.69, 9.17) is 4.74 Å². The molecule has 42 heavy (non-hydrogen) atoms. The van der Waals surface area contributed by atoms with Crippen molar-refractivity contribution >= 4 is 28.8 Å². The molecule has 0 fully saturated rings. The van der Waals surface area contributed by atoms with E-state index in [1.54, 1.807) is 18.2 Å². The minimum absolute atomic E-state index is 0.0841. The quantitative estimate of drug-likeness (QED) is 0.0768. The number of carboxylic acid groups (broad SMARTS) is 1. The molecule has 4 rings (SSSR count). The lowest BCUT2D eigenvalue weighted by Gasteiger charge is -2.24. The van der Waals surface area contributed by atoms with E-state index in [-0.39, 0.29) is 34.9 Å². The molecule has 0 aliphatic carbocycles. The Kier molecular flexibility index (Phi) is 8.73. The molecule has 218 valence electrons. The third-order valence-electron chi connectivity index (χ3n) is 6.72. The van der Waals surface area contributed by atoms with Gasteiger partial charge in [-0.05, 0) is 82.7 Å². The van der Waals surface area contributed by atoms with Gasteiger partial charge in [-0.2, -0.15) is 0 Å². The lowest BCUT2D eigenvalue weighted by molar-refractivity contribution is -0.162. The molecule has 0 heterocycles. The van der Waals surface area contributed by atoms with Gasteiger partial charge in [-0.1, -0.05) is 25.1 Å². The predicted octanol–water partition coefficient (Wildman–Crippen LogP) is 4.14. The van der Waals surface area contributed by atoms with E-state index in [1.165, 1.54) is 48.5 Å². The van der Waals surface area contributed by atoms with Crippen LogP contribution in [0, 0.1) is 0 Å². The normalized spacial score (nSPS) is 12.8. The number of phenolic OH excluding ortho intramolecular Hbond substituents is 6. The van der Waals surface area contributed by atoms with Crippen molar-refractivity contribution in [1.82, 2.24) is 5.32 Å². The molecule has 11 heteroatoms. The Labute approximate surface area is 239 Å². The van der Waals surface area contributed by atoms with Crippen LogP contribution in [0.25, 0.3) is 28.0 Å². The van der Waals surface area contributed by atoms with Crippen molar-refractivity contribution in [2.75, 3.05) is 13.1 Å². The average Bonchev–Trinajstić information content (AvgIpc) is 2.96. The molecular formula is C31H29NO10. The van der Waals surface area contributed by atoms with Crippen molar-refractivity contribution in [2.45, 2.75) is 18.9 Å². The third kappa shape index (κ3) is 6.31. The first kappa shape index (κ1) is 29.6. The molecule has 0 amide bonds. The molecule has 0 aliphatic rings. The summed E-state index contributed by atoms with van der Waals surface area (Å²) in [5.41, 5.74) is 1.75. The van der Waals surface area contributed by atoms with Crippen molar-refractivity contribution in [3.8, 4) is 45.6 Å². The van der Waals surface area contributed by atoms with Gasteiger partial charge < -0.3 is 45.8 Å². The SMILES string of the molecule is CCNCC(c1ccc(O)c(O)c1)C(OC(=O)C=Cc1cc(O)c(O)c2ccc(-c3ccc(O)c(O)c3)cc12)C(=O)O. The number of fused-ring (bicyclic) bond motifs is 1. The van der Waals surface area contributed by atoms with E-state index < -0.39 is 35.5 Å². The minimum Gasteiger partial charge on any atom is -0.504 e. The minimum atomic E-state index is -1.66. The topological polar surface area (TPSA) is 197 Å². The molecule has 0 saturated heterocycles. The van der Waals surface area contributed by atoms with Gasteiger partial charge in [0.15, 0.2) is 34.5 Å². The van der Waals surface area contributed by atoms with Crippen LogP contribution in [0.4, 0.5) is 0 Å². The van der Waals surface area contributed by atoms with Crippen LogP contribution in [0.15, 0.2) is 66.7 Å². The van der Waals surface area contributed by atoms with Crippen molar-refractivity contribution in [3.63, 3.8) is 0 Å². The average molecular weight is 576 g/mol. The van der Waals surface area contributed by atoms with E-state index >= 15 is 0 Å². The number of carbonyl (C=O) groups is 2. The molecule has 0 aliphatic heterocycles. The summed E-state index contributed by atoms with van der Waals surface area (Å²) in [6.45, 7) is 2.38. The van der Waals surface area contributed by atoms with E-state index in [2.05, 4.69) is 5.32 Å². The van der Waals surface area contributed by atoms with Crippen LogP contribution in [-0.4, -0.2) is 66.9 Å². The van der Waals surface area contributed by atoms with E-state index in [1.807, 2.05) is 6.92 Å². The number of aromatic hydroxyl groups is 6. The molecule has 4 aromatic rings. The first-order valence-corrected chi connectivity index (χ1v) is 12.8. The van der Waals surface area contributed by atoms with Crippen LogP contribution in [0.5, 0.6) is 34.5 Å². The standard InChI is InChI=1S/C31H29NO10/c1-2-32-15-22(19-5-9-24(34)26(36)13-19)30(31(40)41)42-28(38)10-6-18-14-27(37)29(39)20-7-3-16(11-21(18)20)17-4-8-23(33)25(35)12-17/h3-14,22,30,32-37,39H,2,15H2,1H3,(H,40,41). The van der Waals surface area contributed by atoms with E-state index in [0.717, 1.165) is 6.08 Å². The molecule has 2 atom stereocenters. The molecule has 2 unspecified atom stereocenters. The lowest BCUT2D eigenvalue weighted by Crippen LogP contribution is -2.38. The maximum atomic E-state index is 12.9. The Bertz CT molecular complexity index is 1680. The summed E-state index contributed by atoms with van der Waals surface area (Å²) in [6, 6.07) is 14.1. The number of esters is 1. The number of likely N-dealkylation sites (N-methyl/N-ethyl adjacent to an activating group) is 1. The van der Waals surface area contributed by atoms with Gasteiger partial charge in [-0.15, -0.1) is 0 Å². The largest absolute Gasteiger partial charge is 0.504 e. The van der Waals surface area contributed by atoms with Gasteiger partial charge >= 0.3 is 11.9 Å².